The number of aldehydes is 1. The number of hydrogen-bond acceptors (Lipinski definition) is 5. The van der Waals surface area contributed by atoms with E-state index in [0.717, 1.165) is 12.8 Å². The SMILES string of the molecule is CC(=O)C=O.NCCCC[C@H](N)C(=O)O. The molecule has 0 unspecified atom stereocenters. The Bertz CT molecular complexity index is 206. The van der Waals surface area contributed by atoms with Gasteiger partial charge < -0.3 is 16.6 Å². The van der Waals surface area contributed by atoms with E-state index in [2.05, 4.69) is 0 Å². The predicted octanol–water partition coefficient (Wildman–Crippen LogP) is -0.698. The van der Waals surface area contributed by atoms with E-state index in [0.29, 0.717) is 13.0 Å². The second kappa shape index (κ2) is 10.8. The zero-order chi connectivity index (χ0) is 12.3. The number of unbranched alkanes of at least 4 members (excludes halogenated alkanes) is 1. The first kappa shape index (κ1) is 16.2. The Hall–Kier alpha value is -1.27. The predicted molar refractivity (Wildman–Crippen MR) is 55.3 cm³/mol. The van der Waals surface area contributed by atoms with Gasteiger partial charge in [-0.05, 0) is 19.4 Å². The highest BCUT2D eigenvalue weighted by molar-refractivity contribution is 6.23. The van der Waals surface area contributed by atoms with Crippen molar-refractivity contribution in [2.75, 3.05) is 6.54 Å². The van der Waals surface area contributed by atoms with Crippen molar-refractivity contribution < 1.29 is 19.5 Å². The van der Waals surface area contributed by atoms with Crippen LogP contribution in [0.4, 0.5) is 0 Å². The number of carboxylic acid groups (broad SMARTS) is 1. The number of carboxylic acids is 1. The van der Waals surface area contributed by atoms with Crippen molar-refractivity contribution in [1.29, 1.82) is 0 Å². The summed E-state index contributed by atoms with van der Waals surface area (Å²) in [6.45, 7) is 1.82. The van der Waals surface area contributed by atoms with Crippen molar-refractivity contribution in [3.8, 4) is 0 Å². The monoisotopic (exact) mass is 218 g/mol. The summed E-state index contributed by atoms with van der Waals surface area (Å²) in [7, 11) is 0. The van der Waals surface area contributed by atoms with E-state index in [9.17, 15) is 9.59 Å². The van der Waals surface area contributed by atoms with Crippen LogP contribution in [0.15, 0.2) is 0 Å². The van der Waals surface area contributed by atoms with Gasteiger partial charge in [-0.1, -0.05) is 6.42 Å². The number of carbonyl (C=O) groups excluding carboxylic acids is 2. The number of ketones is 1. The van der Waals surface area contributed by atoms with E-state index in [1.807, 2.05) is 0 Å². The van der Waals surface area contributed by atoms with Gasteiger partial charge in [-0.15, -0.1) is 0 Å². The molecule has 0 bridgehead atoms. The zero-order valence-electron chi connectivity index (χ0n) is 8.81. The van der Waals surface area contributed by atoms with Gasteiger partial charge in [0, 0.05) is 6.92 Å². The number of aliphatic carboxylic acids is 1. The molecule has 0 aromatic heterocycles. The quantitative estimate of drug-likeness (QED) is 0.308. The van der Waals surface area contributed by atoms with Crippen LogP contribution in [0.25, 0.3) is 0 Å². The lowest BCUT2D eigenvalue weighted by Crippen LogP contribution is -2.29. The minimum atomic E-state index is -0.933. The van der Waals surface area contributed by atoms with Gasteiger partial charge >= 0.3 is 5.97 Å². The van der Waals surface area contributed by atoms with E-state index in [1.54, 1.807) is 0 Å². The Balaban J connectivity index is 0. The standard InChI is InChI=1S/C6H14N2O2.C3H4O2/c7-4-2-1-3-5(8)6(9)10;1-3(5)2-4/h5H,1-4,7-8H2,(H,9,10);2H,1H3/t5-;/m0./s1. The average molecular weight is 218 g/mol. The Labute approximate surface area is 88.6 Å². The van der Waals surface area contributed by atoms with Gasteiger partial charge in [0.2, 0.25) is 0 Å². The van der Waals surface area contributed by atoms with Crippen molar-refractivity contribution in [3.05, 3.63) is 0 Å². The van der Waals surface area contributed by atoms with Crippen LogP contribution in [0.3, 0.4) is 0 Å². The smallest absolute Gasteiger partial charge is 0.320 e. The summed E-state index contributed by atoms with van der Waals surface area (Å²) < 4.78 is 0. The van der Waals surface area contributed by atoms with Gasteiger partial charge in [0.15, 0.2) is 12.1 Å². The molecule has 0 aromatic carbocycles. The number of rotatable bonds is 6. The Morgan fingerprint density at radius 2 is 1.87 bits per heavy atom. The molecule has 0 aliphatic carbocycles. The first-order valence-electron chi connectivity index (χ1n) is 4.59. The van der Waals surface area contributed by atoms with E-state index < -0.39 is 17.8 Å². The van der Waals surface area contributed by atoms with Gasteiger partial charge in [-0.25, -0.2) is 0 Å². The highest BCUT2D eigenvalue weighted by Crippen LogP contribution is 1.96. The summed E-state index contributed by atoms with van der Waals surface area (Å²) in [4.78, 5) is 28.7. The van der Waals surface area contributed by atoms with Crippen molar-refractivity contribution in [2.24, 2.45) is 11.5 Å². The minimum Gasteiger partial charge on any atom is -0.480 e. The van der Waals surface area contributed by atoms with Crippen molar-refractivity contribution in [3.63, 3.8) is 0 Å². The summed E-state index contributed by atoms with van der Waals surface area (Å²) >= 11 is 0. The molecule has 0 heterocycles. The van der Waals surface area contributed by atoms with Gasteiger partial charge in [0.25, 0.3) is 0 Å². The van der Waals surface area contributed by atoms with Crippen LogP contribution in [-0.4, -0.2) is 35.7 Å². The molecule has 6 heteroatoms. The molecular formula is C9H18N2O4. The number of Topliss-reactive ketones (excluding diaryl/α,β-unsaturated/α-hetero) is 1. The highest BCUT2D eigenvalue weighted by atomic mass is 16.4. The largest absolute Gasteiger partial charge is 0.480 e. The molecule has 0 saturated heterocycles. The molecule has 0 aromatic rings. The van der Waals surface area contributed by atoms with Crippen LogP contribution >= 0.6 is 0 Å². The summed E-state index contributed by atoms with van der Waals surface area (Å²) in [5.41, 5.74) is 10.4. The van der Waals surface area contributed by atoms with Crippen LogP contribution in [-0.2, 0) is 14.4 Å². The van der Waals surface area contributed by atoms with Crippen LogP contribution in [0.1, 0.15) is 26.2 Å². The summed E-state index contributed by atoms with van der Waals surface area (Å²) in [5.74, 6) is -1.36. The molecule has 0 radical (unpaired) electrons. The molecule has 6 nitrogen and oxygen atoms in total. The van der Waals surface area contributed by atoms with Crippen LogP contribution in [0.5, 0.6) is 0 Å². The van der Waals surface area contributed by atoms with Gasteiger partial charge in [-0.3, -0.25) is 14.4 Å². The van der Waals surface area contributed by atoms with Gasteiger partial charge in [-0.2, -0.15) is 0 Å². The molecule has 88 valence electrons. The molecule has 5 N–H and O–H groups in total. The topological polar surface area (TPSA) is 123 Å². The van der Waals surface area contributed by atoms with Crippen molar-refractivity contribution in [2.45, 2.75) is 32.2 Å². The van der Waals surface area contributed by atoms with Crippen LogP contribution in [0, 0.1) is 0 Å². The number of hydrogen-bond donors (Lipinski definition) is 3. The molecule has 0 aliphatic heterocycles. The molecule has 1 atom stereocenters. The summed E-state index contributed by atoms with van der Waals surface area (Å²) in [6, 6.07) is -0.716. The third kappa shape index (κ3) is 15.5. The second-order valence-corrected chi connectivity index (χ2v) is 2.96. The van der Waals surface area contributed by atoms with E-state index in [1.165, 1.54) is 6.92 Å². The summed E-state index contributed by atoms with van der Waals surface area (Å²) in [6.07, 6.45) is 2.44. The lowest BCUT2D eigenvalue weighted by molar-refractivity contribution is -0.138. The van der Waals surface area contributed by atoms with Crippen LogP contribution < -0.4 is 11.5 Å². The molecule has 15 heavy (non-hydrogen) atoms. The highest BCUT2D eigenvalue weighted by Gasteiger charge is 2.09. The maximum absolute atomic E-state index is 10.1. The lowest BCUT2D eigenvalue weighted by Gasteiger charge is -2.03. The summed E-state index contributed by atoms with van der Waals surface area (Å²) in [5, 5.41) is 8.33. The second-order valence-electron chi connectivity index (χ2n) is 2.96. The van der Waals surface area contributed by atoms with Gasteiger partial charge in [0.1, 0.15) is 6.04 Å². The number of nitrogens with two attached hydrogens (primary N) is 2. The Morgan fingerprint density at radius 3 is 2.13 bits per heavy atom. The molecular weight excluding hydrogens is 200 g/mol. The Morgan fingerprint density at radius 1 is 1.40 bits per heavy atom. The first-order chi connectivity index (χ1) is 6.95. The maximum atomic E-state index is 10.1. The molecule has 0 saturated carbocycles. The van der Waals surface area contributed by atoms with E-state index in [4.69, 9.17) is 21.4 Å². The third-order valence-corrected chi connectivity index (χ3v) is 1.45. The van der Waals surface area contributed by atoms with Gasteiger partial charge in [0.05, 0.1) is 0 Å². The normalized spacial score (nSPS) is 10.9. The minimum absolute atomic E-state index is 0.278. The molecule has 0 spiro atoms. The fourth-order valence-electron chi connectivity index (χ4n) is 0.632. The van der Waals surface area contributed by atoms with Crippen molar-refractivity contribution in [1.82, 2.24) is 0 Å². The molecule has 0 aliphatic rings. The first-order valence-corrected chi connectivity index (χ1v) is 4.59. The maximum Gasteiger partial charge on any atom is 0.320 e. The van der Waals surface area contributed by atoms with E-state index >= 15 is 0 Å². The fourth-order valence-corrected chi connectivity index (χ4v) is 0.632. The molecule has 0 rings (SSSR count). The Kier molecular flexibility index (Phi) is 11.7. The number of carbonyl (C=O) groups is 3. The lowest BCUT2D eigenvalue weighted by atomic mass is 10.1. The zero-order valence-corrected chi connectivity index (χ0v) is 8.81. The van der Waals surface area contributed by atoms with Crippen molar-refractivity contribution >= 4 is 18.0 Å². The fraction of sp³-hybridized carbons (Fsp3) is 0.667. The molecule has 0 amide bonds. The molecule has 0 fully saturated rings. The third-order valence-electron chi connectivity index (χ3n) is 1.45. The average Bonchev–Trinajstić information content (AvgIpc) is 2.18. The van der Waals surface area contributed by atoms with Crippen LogP contribution in [0.2, 0.25) is 0 Å². The van der Waals surface area contributed by atoms with E-state index in [-0.39, 0.29) is 6.29 Å².